The van der Waals surface area contributed by atoms with Gasteiger partial charge in [-0.15, -0.1) is 0 Å². The molecule has 0 atom stereocenters. The predicted octanol–water partition coefficient (Wildman–Crippen LogP) is 1.83. The lowest BCUT2D eigenvalue weighted by Crippen LogP contribution is -2.01. The Morgan fingerprint density at radius 3 is 2.11 bits per heavy atom. The summed E-state index contributed by atoms with van der Waals surface area (Å²) in [5.74, 6) is -1.01. The number of phenolic OH excluding ortho intramolecular Hbond substituents is 2. The lowest BCUT2D eigenvalue weighted by Gasteiger charge is -2.17. The summed E-state index contributed by atoms with van der Waals surface area (Å²) in [5.41, 5.74) is 0.928. The van der Waals surface area contributed by atoms with Crippen LogP contribution in [-0.2, 0) is 11.2 Å². The fourth-order valence-corrected chi connectivity index (χ4v) is 1.94. The maximum Gasteiger partial charge on any atom is 0.303 e. The predicted molar refractivity (Wildman–Crippen MR) is 68.2 cm³/mol. The molecule has 0 bridgehead atoms. The van der Waals surface area contributed by atoms with Crippen molar-refractivity contribution in [3.63, 3.8) is 0 Å². The van der Waals surface area contributed by atoms with Crippen LogP contribution in [0.2, 0.25) is 0 Å². The summed E-state index contributed by atoms with van der Waals surface area (Å²) in [6, 6.07) is 0. The molecule has 0 aromatic heterocycles. The Morgan fingerprint density at radius 2 is 1.63 bits per heavy atom. The zero-order chi connectivity index (χ0) is 14.6. The number of carboxylic acid groups (broad SMARTS) is 1. The molecule has 0 amide bonds. The largest absolute Gasteiger partial charge is 0.504 e. The summed E-state index contributed by atoms with van der Waals surface area (Å²) in [6.07, 6.45) is 0.685. The molecular weight excluding hydrogens is 252 g/mol. The third-order valence-electron chi connectivity index (χ3n) is 2.96. The van der Waals surface area contributed by atoms with Crippen molar-refractivity contribution in [2.75, 3.05) is 14.2 Å². The molecule has 0 heterocycles. The Labute approximate surface area is 111 Å². The van der Waals surface area contributed by atoms with Crippen LogP contribution in [0.15, 0.2) is 0 Å². The lowest BCUT2D eigenvalue weighted by atomic mass is 9.99. The third-order valence-corrected chi connectivity index (χ3v) is 2.96. The maximum atomic E-state index is 10.5. The Hall–Kier alpha value is -2.11. The van der Waals surface area contributed by atoms with E-state index in [1.54, 1.807) is 6.92 Å². The van der Waals surface area contributed by atoms with Crippen molar-refractivity contribution >= 4 is 5.97 Å². The van der Waals surface area contributed by atoms with Crippen LogP contribution in [0.3, 0.4) is 0 Å². The SMILES string of the molecule is COc1c(O)c(C)c(CCCC(=O)O)c(O)c1OC. The van der Waals surface area contributed by atoms with E-state index in [1.165, 1.54) is 14.2 Å². The van der Waals surface area contributed by atoms with E-state index in [2.05, 4.69) is 0 Å². The second kappa shape index (κ2) is 6.17. The number of hydrogen-bond acceptors (Lipinski definition) is 5. The van der Waals surface area contributed by atoms with Crippen LogP contribution in [0.1, 0.15) is 24.0 Å². The van der Waals surface area contributed by atoms with Crippen LogP contribution >= 0.6 is 0 Å². The zero-order valence-electron chi connectivity index (χ0n) is 11.2. The molecule has 0 aliphatic heterocycles. The summed E-state index contributed by atoms with van der Waals surface area (Å²) < 4.78 is 10.0. The van der Waals surface area contributed by atoms with E-state index < -0.39 is 5.97 Å². The van der Waals surface area contributed by atoms with Gasteiger partial charge in [-0.05, 0) is 19.8 Å². The van der Waals surface area contributed by atoms with Gasteiger partial charge in [0.05, 0.1) is 14.2 Å². The van der Waals surface area contributed by atoms with Gasteiger partial charge in [-0.1, -0.05) is 0 Å². The van der Waals surface area contributed by atoms with E-state index in [4.69, 9.17) is 14.6 Å². The van der Waals surface area contributed by atoms with Gasteiger partial charge in [-0.2, -0.15) is 0 Å². The third kappa shape index (κ3) is 3.01. The van der Waals surface area contributed by atoms with Gasteiger partial charge < -0.3 is 24.8 Å². The topological polar surface area (TPSA) is 96.2 Å². The average molecular weight is 270 g/mol. The van der Waals surface area contributed by atoms with Gasteiger partial charge in [0.15, 0.2) is 11.5 Å². The highest BCUT2D eigenvalue weighted by molar-refractivity contribution is 5.67. The molecule has 6 heteroatoms. The van der Waals surface area contributed by atoms with Crippen LogP contribution in [0.5, 0.6) is 23.0 Å². The van der Waals surface area contributed by atoms with Crippen LogP contribution < -0.4 is 9.47 Å². The lowest BCUT2D eigenvalue weighted by molar-refractivity contribution is -0.137. The Balaban J connectivity index is 3.17. The van der Waals surface area contributed by atoms with Crippen LogP contribution in [0, 0.1) is 6.92 Å². The minimum absolute atomic E-state index is 0.00597. The smallest absolute Gasteiger partial charge is 0.303 e. The summed E-state index contributed by atoms with van der Waals surface area (Å²) >= 11 is 0. The van der Waals surface area contributed by atoms with Gasteiger partial charge in [-0.3, -0.25) is 4.79 Å². The van der Waals surface area contributed by atoms with Crippen molar-refractivity contribution < 1.29 is 29.6 Å². The molecule has 0 fully saturated rings. The second-order valence-corrected chi connectivity index (χ2v) is 4.11. The number of carbonyl (C=O) groups is 1. The highest BCUT2D eigenvalue weighted by atomic mass is 16.5. The van der Waals surface area contributed by atoms with E-state index >= 15 is 0 Å². The number of aromatic hydroxyl groups is 2. The number of hydrogen-bond donors (Lipinski definition) is 3. The van der Waals surface area contributed by atoms with Gasteiger partial charge in [0.2, 0.25) is 11.5 Å². The number of carboxylic acids is 1. The van der Waals surface area contributed by atoms with E-state index in [-0.39, 0.29) is 29.4 Å². The first-order valence-corrected chi connectivity index (χ1v) is 5.81. The van der Waals surface area contributed by atoms with E-state index in [0.29, 0.717) is 24.0 Å². The number of benzene rings is 1. The Kier molecular flexibility index (Phi) is 4.86. The zero-order valence-corrected chi connectivity index (χ0v) is 11.2. The Bertz CT molecular complexity index is 481. The van der Waals surface area contributed by atoms with Crippen LogP contribution in [0.25, 0.3) is 0 Å². The number of phenols is 2. The average Bonchev–Trinajstić information content (AvgIpc) is 2.37. The van der Waals surface area contributed by atoms with Crippen molar-refractivity contribution in [1.82, 2.24) is 0 Å². The monoisotopic (exact) mass is 270 g/mol. The summed E-state index contributed by atoms with van der Waals surface area (Å²) in [4.78, 5) is 10.5. The van der Waals surface area contributed by atoms with Crippen LogP contribution in [0.4, 0.5) is 0 Å². The van der Waals surface area contributed by atoms with Gasteiger partial charge in [-0.25, -0.2) is 0 Å². The van der Waals surface area contributed by atoms with E-state index in [0.717, 1.165) is 0 Å². The minimum atomic E-state index is -0.901. The standard InChI is InChI=1S/C13H18O6/c1-7-8(5-4-6-9(14)15)11(17)13(19-3)12(18-2)10(7)16/h16-17H,4-6H2,1-3H3,(H,14,15). The quantitative estimate of drug-likeness (QED) is 0.682. The summed E-state index contributed by atoms with van der Waals surface area (Å²) in [6.45, 7) is 1.63. The fourth-order valence-electron chi connectivity index (χ4n) is 1.94. The van der Waals surface area contributed by atoms with Gasteiger partial charge >= 0.3 is 5.97 Å². The summed E-state index contributed by atoms with van der Waals surface area (Å²) in [5, 5.41) is 28.7. The molecule has 0 saturated carbocycles. The molecule has 0 unspecified atom stereocenters. The van der Waals surface area contributed by atoms with E-state index in [1.807, 2.05) is 0 Å². The molecule has 0 radical (unpaired) electrons. The minimum Gasteiger partial charge on any atom is -0.504 e. The van der Waals surface area contributed by atoms with Gasteiger partial charge in [0.25, 0.3) is 0 Å². The molecule has 1 rings (SSSR count). The van der Waals surface area contributed by atoms with E-state index in [9.17, 15) is 15.0 Å². The normalized spacial score (nSPS) is 10.3. The van der Waals surface area contributed by atoms with Crippen molar-refractivity contribution in [2.24, 2.45) is 0 Å². The van der Waals surface area contributed by atoms with Crippen molar-refractivity contribution in [3.8, 4) is 23.0 Å². The first-order chi connectivity index (χ1) is 8.93. The molecule has 1 aromatic carbocycles. The molecule has 1 aromatic rings. The second-order valence-electron chi connectivity index (χ2n) is 4.11. The van der Waals surface area contributed by atoms with Gasteiger partial charge in [0.1, 0.15) is 0 Å². The molecule has 6 nitrogen and oxygen atoms in total. The fraction of sp³-hybridized carbons (Fsp3) is 0.462. The number of methoxy groups -OCH3 is 2. The molecule has 19 heavy (non-hydrogen) atoms. The molecule has 0 saturated heterocycles. The maximum absolute atomic E-state index is 10.5. The molecular formula is C13H18O6. The molecule has 0 aliphatic carbocycles. The van der Waals surface area contributed by atoms with Crippen molar-refractivity contribution in [3.05, 3.63) is 11.1 Å². The molecule has 0 aliphatic rings. The Morgan fingerprint density at radius 1 is 1.11 bits per heavy atom. The van der Waals surface area contributed by atoms with Crippen LogP contribution in [-0.4, -0.2) is 35.5 Å². The van der Waals surface area contributed by atoms with Gasteiger partial charge in [0, 0.05) is 17.5 Å². The van der Waals surface area contributed by atoms with Crippen molar-refractivity contribution in [2.45, 2.75) is 26.2 Å². The number of rotatable bonds is 6. The number of aliphatic carboxylic acids is 1. The van der Waals surface area contributed by atoms with Crippen molar-refractivity contribution in [1.29, 1.82) is 0 Å². The summed E-state index contributed by atoms with van der Waals surface area (Å²) in [7, 11) is 2.72. The highest BCUT2D eigenvalue weighted by Gasteiger charge is 2.22. The molecule has 0 spiro atoms. The first kappa shape index (κ1) is 14.9. The number of ether oxygens (including phenoxy) is 2. The molecule has 3 N–H and O–H groups in total. The first-order valence-electron chi connectivity index (χ1n) is 5.81. The highest BCUT2D eigenvalue weighted by Crippen LogP contribution is 2.48. The molecule has 106 valence electrons.